The zero-order valence-corrected chi connectivity index (χ0v) is 14.9. The number of rotatable bonds is 5. The normalized spacial score (nSPS) is 10.8. The summed E-state index contributed by atoms with van der Waals surface area (Å²) in [7, 11) is -3.78. The molecule has 0 fully saturated rings. The standard InChI is InChI=1S/C18H13ClN4O2S/c19-14-5-3-6-16(10-14)26(24,25)23-18-9-8-15(12-21-18)22-17-7-2-1-4-13(17)11-20/h1-10,12,22H,(H,21,23). The third-order valence-corrected chi connectivity index (χ3v) is 5.02. The summed E-state index contributed by atoms with van der Waals surface area (Å²) in [6, 6.07) is 18.3. The van der Waals surface area contributed by atoms with E-state index in [1.165, 1.54) is 24.4 Å². The van der Waals surface area contributed by atoms with E-state index in [2.05, 4.69) is 21.1 Å². The zero-order chi connectivity index (χ0) is 18.6. The van der Waals surface area contributed by atoms with E-state index in [1.54, 1.807) is 36.4 Å². The Hall–Kier alpha value is -3.08. The molecule has 26 heavy (non-hydrogen) atoms. The Labute approximate surface area is 156 Å². The van der Waals surface area contributed by atoms with Gasteiger partial charge in [-0.3, -0.25) is 4.72 Å². The lowest BCUT2D eigenvalue weighted by Gasteiger charge is -2.10. The van der Waals surface area contributed by atoms with Gasteiger partial charge in [-0.2, -0.15) is 5.26 Å². The number of benzene rings is 2. The van der Waals surface area contributed by atoms with E-state index in [0.717, 1.165) is 0 Å². The molecule has 3 rings (SSSR count). The highest BCUT2D eigenvalue weighted by atomic mass is 35.5. The van der Waals surface area contributed by atoms with Crippen molar-refractivity contribution < 1.29 is 8.42 Å². The molecule has 2 aromatic carbocycles. The number of pyridine rings is 1. The minimum atomic E-state index is -3.78. The van der Waals surface area contributed by atoms with Gasteiger partial charge in [-0.05, 0) is 42.5 Å². The fourth-order valence-electron chi connectivity index (χ4n) is 2.20. The minimum absolute atomic E-state index is 0.0527. The summed E-state index contributed by atoms with van der Waals surface area (Å²) >= 11 is 5.84. The van der Waals surface area contributed by atoms with Crippen LogP contribution in [0.1, 0.15) is 5.56 Å². The predicted molar refractivity (Wildman–Crippen MR) is 101 cm³/mol. The Bertz CT molecular complexity index is 1080. The second-order valence-electron chi connectivity index (χ2n) is 5.28. The third kappa shape index (κ3) is 4.11. The third-order valence-electron chi connectivity index (χ3n) is 3.44. The molecule has 3 aromatic rings. The summed E-state index contributed by atoms with van der Waals surface area (Å²) in [5, 5.41) is 12.5. The smallest absolute Gasteiger partial charge is 0.263 e. The highest BCUT2D eigenvalue weighted by Gasteiger charge is 2.15. The van der Waals surface area contributed by atoms with Crippen LogP contribution in [0.3, 0.4) is 0 Å². The minimum Gasteiger partial charge on any atom is -0.353 e. The Morgan fingerprint density at radius 3 is 2.54 bits per heavy atom. The lowest BCUT2D eigenvalue weighted by atomic mass is 10.2. The number of hydrogen-bond acceptors (Lipinski definition) is 5. The van der Waals surface area contributed by atoms with Crippen LogP contribution in [0.5, 0.6) is 0 Å². The molecule has 2 N–H and O–H groups in total. The number of nitrogens with zero attached hydrogens (tertiary/aromatic N) is 2. The second-order valence-corrected chi connectivity index (χ2v) is 7.40. The van der Waals surface area contributed by atoms with Gasteiger partial charge < -0.3 is 5.32 Å². The molecule has 0 aliphatic heterocycles. The molecule has 0 amide bonds. The van der Waals surface area contributed by atoms with Gasteiger partial charge in [0.25, 0.3) is 10.0 Å². The molecule has 0 saturated heterocycles. The monoisotopic (exact) mass is 384 g/mol. The molecule has 0 saturated carbocycles. The van der Waals surface area contributed by atoms with E-state index in [4.69, 9.17) is 16.9 Å². The summed E-state index contributed by atoms with van der Waals surface area (Å²) in [5.74, 6) is 0.170. The molecule has 8 heteroatoms. The van der Waals surface area contributed by atoms with Crippen LogP contribution in [0, 0.1) is 11.3 Å². The Balaban J connectivity index is 1.77. The van der Waals surface area contributed by atoms with Crippen molar-refractivity contribution in [3.05, 3.63) is 77.4 Å². The van der Waals surface area contributed by atoms with Gasteiger partial charge in [0, 0.05) is 5.02 Å². The first kappa shape index (κ1) is 17.7. The Morgan fingerprint density at radius 1 is 1.04 bits per heavy atom. The average molecular weight is 385 g/mol. The van der Waals surface area contributed by atoms with E-state index in [0.29, 0.717) is 22.0 Å². The first-order valence-corrected chi connectivity index (χ1v) is 9.35. The molecule has 0 bridgehead atoms. The number of halogens is 1. The van der Waals surface area contributed by atoms with Crippen molar-refractivity contribution >= 4 is 38.8 Å². The van der Waals surface area contributed by atoms with Crippen molar-refractivity contribution in [3.63, 3.8) is 0 Å². The van der Waals surface area contributed by atoms with Crippen molar-refractivity contribution in [1.82, 2.24) is 4.98 Å². The second kappa shape index (κ2) is 7.44. The Morgan fingerprint density at radius 2 is 1.85 bits per heavy atom. The summed E-state index contributed by atoms with van der Waals surface area (Å²) in [4.78, 5) is 4.15. The molecule has 6 nitrogen and oxygen atoms in total. The number of aromatic nitrogens is 1. The van der Waals surface area contributed by atoms with Crippen LogP contribution in [0.4, 0.5) is 17.2 Å². The maximum absolute atomic E-state index is 12.4. The molecule has 0 spiro atoms. The average Bonchev–Trinajstić information content (AvgIpc) is 2.63. The van der Waals surface area contributed by atoms with Crippen molar-refractivity contribution in [2.24, 2.45) is 0 Å². The summed E-state index contributed by atoms with van der Waals surface area (Å²) in [6.45, 7) is 0. The van der Waals surface area contributed by atoms with E-state index < -0.39 is 10.0 Å². The van der Waals surface area contributed by atoms with Gasteiger partial charge >= 0.3 is 0 Å². The molecular weight excluding hydrogens is 372 g/mol. The van der Waals surface area contributed by atoms with Gasteiger partial charge in [-0.25, -0.2) is 13.4 Å². The van der Waals surface area contributed by atoms with Gasteiger partial charge in [0.05, 0.1) is 28.0 Å². The van der Waals surface area contributed by atoms with E-state index >= 15 is 0 Å². The number of nitriles is 1. The largest absolute Gasteiger partial charge is 0.353 e. The van der Waals surface area contributed by atoms with Gasteiger partial charge in [-0.15, -0.1) is 0 Å². The maximum Gasteiger partial charge on any atom is 0.263 e. The number of anilines is 3. The lowest BCUT2D eigenvalue weighted by Crippen LogP contribution is -2.13. The van der Waals surface area contributed by atoms with Crippen molar-refractivity contribution in [1.29, 1.82) is 5.26 Å². The van der Waals surface area contributed by atoms with Gasteiger partial charge in [0.15, 0.2) is 0 Å². The number of sulfonamides is 1. The SMILES string of the molecule is N#Cc1ccccc1Nc1ccc(NS(=O)(=O)c2cccc(Cl)c2)nc1. The number of nitrogens with one attached hydrogen (secondary N) is 2. The van der Waals surface area contributed by atoms with E-state index in [9.17, 15) is 8.42 Å². The molecule has 0 aliphatic rings. The number of para-hydroxylation sites is 1. The molecule has 0 atom stereocenters. The van der Waals surface area contributed by atoms with Crippen LogP contribution < -0.4 is 10.0 Å². The predicted octanol–water partition coefficient (Wildman–Crippen LogP) is 4.15. The molecule has 1 heterocycles. The quantitative estimate of drug-likeness (QED) is 0.689. The van der Waals surface area contributed by atoms with Crippen molar-refractivity contribution in [2.45, 2.75) is 4.90 Å². The molecule has 0 unspecified atom stereocenters. The van der Waals surface area contributed by atoms with Crippen molar-refractivity contribution in [3.8, 4) is 6.07 Å². The fraction of sp³-hybridized carbons (Fsp3) is 0. The van der Waals surface area contributed by atoms with Gasteiger partial charge in [-0.1, -0.05) is 29.8 Å². The van der Waals surface area contributed by atoms with Crippen LogP contribution in [0.25, 0.3) is 0 Å². The molecule has 1 aromatic heterocycles. The first-order valence-electron chi connectivity index (χ1n) is 7.48. The lowest BCUT2D eigenvalue weighted by molar-refractivity contribution is 0.601. The highest BCUT2D eigenvalue weighted by Crippen LogP contribution is 2.22. The van der Waals surface area contributed by atoms with Crippen LogP contribution in [0.15, 0.2) is 71.8 Å². The first-order chi connectivity index (χ1) is 12.5. The molecule has 0 aliphatic carbocycles. The van der Waals surface area contributed by atoms with Crippen LogP contribution in [0.2, 0.25) is 5.02 Å². The molecular formula is C18H13ClN4O2S. The highest BCUT2D eigenvalue weighted by molar-refractivity contribution is 7.92. The maximum atomic E-state index is 12.4. The summed E-state index contributed by atoms with van der Waals surface area (Å²) in [5.41, 5.74) is 1.76. The van der Waals surface area contributed by atoms with Gasteiger partial charge in [0.1, 0.15) is 11.9 Å². The number of hydrogen-bond donors (Lipinski definition) is 2. The van der Waals surface area contributed by atoms with Crippen molar-refractivity contribution in [2.75, 3.05) is 10.0 Å². The van der Waals surface area contributed by atoms with E-state index in [1.807, 2.05) is 6.07 Å². The summed E-state index contributed by atoms with van der Waals surface area (Å²) < 4.78 is 27.1. The van der Waals surface area contributed by atoms with Gasteiger partial charge in [0.2, 0.25) is 0 Å². The Kier molecular flexibility index (Phi) is 5.07. The molecule has 0 radical (unpaired) electrons. The topological polar surface area (TPSA) is 94.9 Å². The molecule has 130 valence electrons. The van der Waals surface area contributed by atoms with E-state index in [-0.39, 0.29) is 10.7 Å². The van der Waals surface area contributed by atoms with Crippen LogP contribution >= 0.6 is 11.6 Å². The zero-order valence-electron chi connectivity index (χ0n) is 13.3. The fourth-order valence-corrected chi connectivity index (χ4v) is 3.51. The van der Waals surface area contributed by atoms with Crippen LogP contribution in [-0.4, -0.2) is 13.4 Å². The van der Waals surface area contributed by atoms with Crippen LogP contribution in [-0.2, 0) is 10.0 Å². The summed E-state index contributed by atoms with van der Waals surface area (Å²) in [6.07, 6.45) is 1.48.